The van der Waals surface area contributed by atoms with Crippen molar-refractivity contribution in [1.29, 1.82) is 0 Å². The van der Waals surface area contributed by atoms with E-state index in [2.05, 4.69) is 0 Å². The molecule has 0 aliphatic carbocycles. The van der Waals surface area contributed by atoms with Crippen molar-refractivity contribution in [3.8, 4) is 11.5 Å². The molecular formula is C15H12ClO4. The third kappa shape index (κ3) is 3.65. The molecule has 0 aliphatic heterocycles. The molecule has 5 heteroatoms. The fourth-order valence-electron chi connectivity index (χ4n) is 1.49. The van der Waals surface area contributed by atoms with E-state index in [1.807, 2.05) is 0 Å². The zero-order valence-electron chi connectivity index (χ0n) is 10.7. The molecule has 0 saturated heterocycles. The molecule has 0 atom stereocenters. The number of hydrogen-bond acceptors (Lipinski definition) is 4. The Morgan fingerprint density at radius 1 is 1.10 bits per heavy atom. The lowest BCUT2D eigenvalue weighted by Gasteiger charge is -2.14. The maximum absolute atomic E-state index is 11.8. The van der Waals surface area contributed by atoms with Gasteiger partial charge in [0.15, 0.2) is 0 Å². The molecule has 2 aromatic rings. The van der Waals surface area contributed by atoms with E-state index in [1.165, 1.54) is 31.2 Å². The standard InChI is InChI=1S/C15H12ClO4/c1-10(19-14-5-3-2-4-13(14)16)20-15(18)11-6-8-12(17)9-7-11/h2-9,17H,1H3. The van der Waals surface area contributed by atoms with Crippen LogP contribution in [0.4, 0.5) is 0 Å². The monoisotopic (exact) mass is 291 g/mol. The molecule has 0 unspecified atom stereocenters. The van der Waals surface area contributed by atoms with Gasteiger partial charge in [-0.1, -0.05) is 23.7 Å². The molecule has 0 amide bonds. The number of rotatable bonds is 4. The smallest absolute Gasteiger partial charge is 0.341 e. The molecule has 2 rings (SSSR count). The first-order valence-corrected chi connectivity index (χ1v) is 6.21. The minimum absolute atomic E-state index is 0.0659. The maximum Gasteiger partial charge on any atom is 0.341 e. The number of carbonyl (C=O) groups is 1. The maximum atomic E-state index is 11.8. The summed E-state index contributed by atoms with van der Waals surface area (Å²) in [6.45, 7) is 1.52. The van der Waals surface area contributed by atoms with Gasteiger partial charge >= 0.3 is 12.3 Å². The van der Waals surface area contributed by atoms with Crippen molar-refractivity contribution in [3.63, 3.8) is 0 Å². The Balaban J connectivity index is 1.98. The van der Waals surface area contributed by atoms with Gasteiger partial charge in [0.2, 0.25) is 0 Å². The average molecular weight is 292 g/mol. The summed E-state index contributed by atoms with van der Waals surface area (Å²) in [5.41, 5.74) is 0.310. The van der Waals surface area contributed by atoms with Crippen LogP contribution < -0.4 is 4.74 Å². The highest BCUT2D eigenvalue weighted by Gasteiger charge is 2.16. The lowest BCUT2D eigenvalue weighted by molar-refractivity contribution is 0.0227. The minimum Gasteiger partial charge on any atom is -0.508 e. The van der Waals surface area contributed by atoms with E-state index in [-0.39, 0.29) is 12.0 Å². The van der Waals surface area contributed by atoms with E-state index in [9.17, 15) is 4.79 Å². The molecule has 1 N–H and O–H groups in total. The average Bonchev–Trinajstić information content (AvgIpc) is 2.42. The van der Waals surface area contributed by atoms with Crippen LogP contribution in [0.3, 0.4) is 0 Å². The third-order valence-electron chi connectivity index (χ3n) is 2.43. The van der Waals surface area contributed by atoms with Crippen LogP contribution in [0.1, 0.15) is 17.3 Å². The Morgan fingerprint density at radius 3 is 2.40 bits per heavy atom. The van der Waals surface area contributed by atoms with Gasteiger partial charge in [0, 0.05) is 6.92 Å². The van der Waals surface area contributed by atoms with Gasteiger partial charge in [0.05, 0.1) is 10.6 Å². The molecule has 1 radical (unpaired) electrons. The highest BCUT2D eigenvalue weighted by atomic mass is 35.5. The second-order valence-corrected chi connectivity index (χ2v) is 4.37. The summed E-state index contributed by atoms with van der Waals surface area (Å²) in [6.07, 6.45) is 0.0659. The normalized spacial score (nSPS) is 10.3. The summed E-state index contributed by atoms with van der Waals surface area (Å²) < 4.78 is 10.4. The first kappa shape index (κ1) is 14.2. The molecule has 2 aromatic carbocycles. The Kier molecular flexibility index (Phi) is 4.48. The minimum atomic E-state index is -0.574. The molecule has 4 nitrogen and oxygen atoms in total. The zero-order valence-corrected chi connectivity index (χ0v) is 11.4. The van der Waals surface area contributed by atoms with E-state index in [0.29, 0.717) is 16.3 Å². The number of phenolic OH excluding ortho intramolecular Hbond substituents is 1. The number of benzene rings is 2. The van der Waals surface area contributed by atoms with Crippen LogP contribution in [0.15, 0.2) is 48.5 Å². The van der Waals surface area contributed by atoms with E-state index < -0.39 is 5.97 Å². The molecule has 0 aliphatic rings. The van der Waals surface area contributed by atoms with Crippen molar-refractivity contribution >= 4 is 17.6 Å². The number of carbonyl (C=O) groups excluding carboxylic acids is 1. The van der Waals surface area contributed by atoms with Crippen LogP contribution in [-0.4, -0.2) is 11.1 Å². The SMILES string of the molecule is C[C](OC(=O)c1ccc(O)cc1)Oc1ccccc1Cl. The first-order chi connectivity index (χ1) is 9.56. The Hall–Kier alpha value is -2.20. The van der Waals surface area contributed by atoms with Crippen LogP contribution >= 0.6 is 11.6 Å². The molecule has 0 spiro atoms. The molecule has 0 heterocycles. The van der Waals surface area contributed by atoms with Crippen molar-refractivity contribution < 1.29 is 19.4 Å². The molecule has 0 bridgehead atoms. The van der Waals surface area contributed by atoms with Gasteiger partial charge in [-0.05, 0) is 36.4 Å². The predicted octanol–water partition coefficient (Wildman–Crippen LogP) is 3.79. The van der Waals surface area contributed by atoms with Crippen molar-refractivity contribution in [2.75, 3.05) is 0 Å². The van der Waals surface area contributed by atoms with Crippen molar-refractivity contribution in [2.45, 2.75) is 6.92 Å². The van der Waals surface area contributed by atoms with E-state index in [0.717, 1.165) is 0 Å². The molecule has 20 heavy (non-hydrogen) atoms. The van der Waals surface area contributed by atoms with Gasteiger partial charge in [0.1, 0.15) is 11.5 Å². The van der Waals surface area contributed by atoms with Crippen LogP contribution in [0, 0.1) is 6.29 Å². The second-order valence-electron chi connectivity index (χ2n) is 3.96. The summed E-state index contributed by atoms with van der Waals surface area (Å²) in [5.74, 6) is -0.0886. The highest BCUT2D eigenvalue weighted by molar-refractivity contribution is 6.32. The van der Waals surface area contributed by atoms with E-state index in [4.69, 9.17) is 26.2 Å². The molecule has 0 saturated carbocycles. The van der Waals surface area contributed by atoms with Crippen molar-refractivity contribution in [2.24, 2.45) is 0 Å². The van der Waals surface area contributed by atoms with Gasteiger partial charge in [-0.25, -0.2) is 4.79 Å². The lowest BCUT2D eigenvalue weighted by Crippen LogP contribution is -2.13. The van der Waals surface area contributed by atoms with Crippen molar-refractivity contribution in [3.05, 3.63) is 65.4 Å². The third-order valence-corrected chi connectivity index (χ3v) is 2.74. The number of halogens is 1. The van der Waals surface area contributed by atoms with Crippen LogP contribution in [-0.2, 0) is 4.74 Å². The highest BCUT2D eigenvalue weighted by Crippen LogP contribution is 2.26. The fourth-order valence-corrected chi connectivity index (χ4v) is 1.66. The lowest BCUT2D eigenvalue weighted by atomic mass is 10.2. The number of hydrogen-bond donors (Lipinski definition) is 1. The van der Waals surface area contributed by atoms with Crippen LogP contribution in [0.2, 0.25) is 5.02 Å². The number of para-hydroxylation sites is 1. The number of ether oxygens (including phenoxy) is 2. The first-order valence-electron chi connectivity index (χ1n) is 5.83. The summed E-state index contributed by atoms with van der Waals surface area (Å²) in [5, 5.41) is 9.57. The Morgan fingerprint density at radius 2 is 1.75 bits per heavy atom. The zero-order chi connectivity index (χ0) is 14.5. The fraction of sp³-hybridized carbons (Fsp3) is 0.0667. The van der Waals surface area contributed by atoms with Crippen molar-refractivity contribution in [1.82, 2.24) is 0 Å². The van der Waals surface area contributed by atoms with Gasteiger partial charge in [-0.3, -0.25) is 0 Å². The van der Waals surface area contributed by atoms with Gasteiger partial charge in [0.25, 0.3) is 0 Å². The topological polar surface area (TPSA) is 55.8 Å². The molecule has 103 valence electrons. The van der Waals surface area contributed by atoms with Crippen LogP contribution in [0.5, 0.6) is 11.5 Å². The summed E-state index contributed by atoms with van der Waals surface area (Å²) in [4.78, 5) is 11.8. The Bertz CT molecular complexity index is 595. The number of aromatic hydroxyl groups is 1. The van der Waals surface area contributed by atoms with Gasteiger partial charge < -0.3 is 14.6 Å². The molecule has 0 fully saturated rings. The number of esters is 1. The van der Waals surface area contributed by atoms with E-state index in [1.54, 1.807) is 24.3 Å². The summed E-state index contributed by atoms with van der Waals surface area (Å²) in [7, 11) is 0. The quantitative estimate of drug-likeness (QED) is 0.871. The second kappa shape index (κ2) is 6.30. The largest absolute Gasteiger partial charge is 0.508 e. The summed E-state index contributed by atoms with van der Waals surface area (Å²) in [6, 6.07) is 12.6. The predicted molar refractivity (Wildman–Crippen MR) is 74.5 cm³/mol. The van der Waals surface area contributed by atoms with Crippen LogP contribution in [0.25, 0.3) is 0 Å². The van der Waals surface area contributed by atoms with Gasteiger partial charge in [-0.2, -0.15) is 0 Å². The molecule has 0 aromatic heterocycles. The Labute approximate surface area is 121 Å². The summed E-state index contributed by atoms with van der Waals surface area (Å²) >= 11 is 5.93. The van der Waals surface area contributed by atoms with Gasteiger partial charge in [-0.15, -0.1) is 0 Å². The molecular weight excluding hydrogens is 280 g/mol. The number of phenols is 1. The van der Waals surface area contributed by atoms with E-state index >= 15 is 0 Å².